The number of phosphoric ester groups is 2. The number of unbranched alkanes of at least 4 members (excludes halogenated alkanes) is 6. The Labute approximate surface area is 358 Å². The van der Waals surface area contributed by atoms with Gasteiger partial charge >= 0.3 is 27.6 Å². The minimum atomic E-state index is -4.88. The molecule has 0 amide bonds. The van der Waals surface area contributed by atoms with Gasteiger partial charge in [-0.15, -0.1) is 0 Å². The molecule has 14 nitrogen and oxygen atoms in total. The van der Waals surface area contributed by atoms with E-state index >= 15 is 0 Å². The van der Waals surface area contributed by atoms with Gasteiger partial charge in [-0.25, -0.2) is 9.13 Å². The first kappa shape index (κ1) is 57.0. The van der Waals surface area contributed by atoms with Gasteiger partial charge in [-0.05, 0) is 83.5 Å². The van der Waals surface area contributed by atoms with Gasteiger partial charge in [0.05, 0.1) is 25.9 Å². The number of aliphatic hydroxyl groups excluding tert-OH is 2. The van der Waals surface area contributed by atoms with Crippen LogP contribution in [-0.4, -0.2) is 81.6 Å². The fraction of sp³-hybridized carbons (Fsp3) is 0.591. The van der Waals surface area contributed by atoms with Crippen LogP contribution >= 0.6 is 15.6 Å². The smallest absolute Gasteiger partial charge is 0.462 e. The van der Waals surface area contributed by atoms with E-state index in [4.69, 9.17) is 23.8 Å². The van der Waals surface area contributed by atoms with Crippen molar-refractivity contribution < 1.29 is 66.7 Å². The van der Waals surface area contributed by atoms with E-state index in [0.717, 1.165) is 44.9 Å². The van der Waals surface area contributed by atoms with E-state index in [2.05, 4.69) is 71.5 Å². The minimum Gasteiger partial charge on any atom is -0.462 e. The third-order valence-corrected chi connectivity index (χ3v) is 9.46. The maximum atomic E-state index is 12.6. The molecule has 4 atom stereocenters. The highest BCUT2D eigenvalue weighted by atomic mass is 31.2. The molecule has 2 unspecified atom stereocenters. The molecule has 0 fully saturated rings. The highest BCUT2D eigenvalue weighted by molar-refractivity contribution is 7.47. The molecule has 60 heavy (non-hydrogen) atoms. The van der Waals surface area contributed by atoms with Crippen LogP contribution in [0.5, 0.6) is 0 Å². The van der Waals surface area contributed by atoms with Crippen LogP contribution < -0.4 is 0 Å². The molecular formula is C44H72O14P2. The summed E-state index contributed by atoms with van der Waals surface area (Å²) < 4.78 is 47.6. The molecule has 16 heteroatoms. The van der Waals surface area contributed by atoms with E-state index in [1.54, 1.807) is 12.2 Å². The molecule has 0 aliphatic heterocycles. The van der Waals surface area contributed by atoms with Crippen molar-refractivity contribution in [1.82, 2.24) is 0 Å². The number of phosphoric acid groups is 2. The largest absolute Gasteiger partial charge is 0.472 e. The van der Waals surface area contributed by atoms with Gasteiger partial charge in [0.1, 0.15) is 12.7 Å². The van der Waals surface area contributed by atoms with Crippen molar-refractivity contribution in [3.05, 3.63) is 97.2 Å². The van der Waals surface area contributed by atoms with Crippen LogP contribution in [0.2, 0.25) is 0 Å². The molecule has 0 bridgehead atoms. The maximum Gasteiger partial charge on any atom is 0.472 e. The molecule has 0 heterocycles. The lowest BCUT2D eigenvalue weighted by Gasteiger charge is -2.20. The van der Waals surface area contributed by atoms with Gasteiger partial charge in [-0.1, -0.05) is 124 Å². The lowest BCUT2D eigenvalue weighted by atomic mass is 10.1. The number of rotatable bonds is 38. The summed E-state index contributed by atoms with van der Waals surface area (Å²) in [6, 6.07) is 0. The van der Waals surface area contributed by atoms with E-state index < -0.39 is 72.3 Å². The summed E-state index contributed by atoms with van der Waals surface area (Å²) in [5.41, 5.74) is 0. The standard InChI is InChI=1S/C44H72O14P2/c1-3-5-7-9-11-12-13-14-15-16-17-18-23-27-31-35-44(48)58-42(39-57-60(52,53)56-37-41(46)36-55-59(49,50)51)38-54-43(47)34-30-26-22-20-19-21-25-29-33-40(45)32-28-24-10-8-6-4-2/h6,8,11-12,14-15,17-18,20-22,24-25,28-29,33,40-42,45-46H,3-5,7,9-10,13,16,19,23,26-27,30-32,34-39H2,1-2H3,(H,52,53)(H2,49,50,51)/b8-6-,12-11-,15-14-,18-17-,22-20-,25-21-,28-24-,33-29+/t40?,41-,42+/m0/s1. The number of ether oxygens (including phenoxy) is 2. The summed E-state index contributed by atoms with van der Waals surface area (Å²) in [5.74, 6) is -1.19. The molecule has 5 N–H and O–H groups in total. The average molecular weight is 887 g/mol. The van der Waals surface area contributed by atoms with Crippen LogP contribution in [-0.2, 0) is 41.8 Å². The van der Waals surface area contributed by atoms with Crippen molar-refractivity contribution in [2.24, 2.45) is 0 Å². The Morgan fingerprint density at radius 2 is 1.10 bits per heavy atom. The summed E-state index contributed by atoms with van der Waals surface area (Å²) >= 11 is 0. The topological polar surface area (TPSA) is 216 Å². The van der Waals surface area contributed by atoms with Crippen LogP contribution in [0.15, 0.2) is 97.2 Å². The van der Waals surface area contributed by atoms with Crippen LogP contribution in [0, 0.1) is 0 Å². The molecule has 0 aliphatic rings. The summed E-state index contributed by atoms with van der Waals surface area (Å²) in [6.07, 6.45) is 41.6. The predicted molar refractivity (Wildman–Crippen MR) is 236 cm³/mol. The van der Waals surface area contributed by atoms with Gasteiger partial charge in [0.15, 0.2) is 6.10 Å². The van der Waals surface area contributed by atoms with E-state index in [1.165, 1.54) is 19.3 Å². The fourth-order valence-electron chi connectivity index (χ4n) is 4.82. The number of allylic oxidation sites excluding steroid dienone is 14. The third kappa shape index (κ3) is 41.7. The first-order chi connectivity index (χ1) is 28.8. The van der Waals surface area contributed by atoms with Gasteiger partial charge in [0.2, 0.25) is 0 Å². The van der Waals surface area contributed by atoms with E-state index in [-0.39, 0.29) is 12.8 Å². The summed E-state index contributed by atoms with van der Waals surface area (Å²) in [4.78, 5) is 52.6. The van der Waals surface area contributed by atoms with Gasteiger partial charge in [-0.3, -0.25) is 23.2 Å². The molecule has 342 valence electrons. The third-order valence-electron chi connectivity index (χ3n) is 8.03. The summed E-state index contributed by atoms with van der Waals surface area (Å²) in [6.45, 7) is 1.39. The van der Waals surface area contributed by atoms with E-state index in [9.17, 15) is 33.8 Å². The monoisotopic (exact) mass is 886 g/mol. The SMILES string of the molecule is CC/C=C\C/C=C\CC(O)/C=C/C=C\C/C=C\CCCC(=O)OC[C@H](COP(=O)(O)OC[C@@H](O)COP(=O)(O)O)OC(=O)CCCC/C=C\C/C=C\C/C=C\CCCCC. The second-order valence-electron chi connectivity index (χ2n) is 13.7. The quantitative estimate of drug-likeness (QED) is 0.0128. The molecule has 0 aromatic carbocycles. The normalized spacial score (nSPS) is 15.5. The predicted octanol–water partition coefficient (Wildman–Crippen LogP) is 9.53. The Hall–Kier alpha value is -3.00. The van der Waals surface area contributed by atoms with Gasteiger partial charge in [0, 0.05) is 12.8 Å². The summed E-state index contributed by atoms with van der Waals surface area (Å²) in [7, 11) is -9.73. The first-order valence-corrected chi connectivity index (χ1v) is 24.1. The van der Waals surface area contributed by atoms with Crippen LogP contribution in [0.1, 0.15) is 123 Å². The lowest BCUT2D eigenvalue weighted by Crippen LogP contribution is -2.29. The zero-order chi connectivity index (χ0) is 44.6. The number of hydrogen-bond acceptors (Lipinski definition) is 11. The van der Waals surface area contributed by atoms with E-state index in [0.29, 0.717) is 32.1 Å². The number of esters is 2. The fourth-order valence-corrected chi connectivity index (χ4v) is 5.98. The second-order valence-corrected chi connectivity index (χ2v) is 16.4. The highest BCUT2D eigenvalue weighted by Gasteiger charge is 2.28. The van der Waals surface area contributed by atoms with Gasteiger partial charge < -0.3 is 34.4 Å². The average Bonchev–Trinajstić information content (AvgIpc) is 3.20. The zero-order valence-corrected chi connectivity index (χ0v) is 37.4. The Kier molecular flexibility index (Phi) is 36.9. The molecule has 0 radical (unpaired) electrons. The molecule has 0 rings (SSSR count). The Morgan fingerprint density at radius 3 is 1.73 bits per heavy atom. The van der Waals surface area contributed by atoms with Crippen LogP contribution in [0.25, 0.3) is 0 Å². The van der Waals surface area contributed by atoms with Crippen LogP contribution in [0.3, 0.4) is 0 Å². The zero-order valence-electron chi connectivity index (χ0n) is 35.6. The Morgan fingerprint density at radius 1 is 0.567 bits per heavy atom. The number of hydrogen-bond donors (Lipinski definition) is 5. The maximum absolute atomic E-state index is 12.6. The molecule has 0 saturated carbocycles. The molecule has 0 aromatic rings. The molecule has 0 saturated heterocycles. The highest BCUT2D eigenvalue weighted by Crippen LogP contribution is 2.43. The van der Waals surface area contributed by atoms with Crippen molar-refractivity contribution in [3.63, 3.8) is 0 Å². The first-order valence-electron chi connectivity index (χ1n) is 21.0. The lowest BCUT2D eigenvalue weighted by molar-refractivity contribution is -0.161. The number of carbonyl (C=O) groups excluding carboxylic acids is 2. The van der Waals surface area contributed by atoms with E-state index in [1.807, 2.05) is 36.5 Å². The number of carbonyl (C=O) groups is 2. The molecule has 0 aliphatic carbocycles. The van der Waals surface area contributed by atoms with Gasteiger partial charge in [0.25, 0.3) is 0 Å². The van der Waals surface area contributed by atoms with Crippen molar-refractivity contribution in [3.8, 4) is 0 Å². The summed E-state index contributed by atoms with van der Waals surface area (Å²) in [5, 5.41) is 19.7. The molecule has 0 spiro atoms. The Bertz CT molecular complexity index is 1440. The molecule has 0 aromatic heterocycles. The second kappa shape index (κ2) is 38.9. The van der Waals surface area contributed by atoms with Crippen molar-refractivity contribution in [2.45, 2.75) is 141 Å². The number of aliphatic hydroxyl groups is 2. The molecular weight excluding hydrogens is 814 g/mol. The van der Waals surface area contributed by atoms with Crippen molar-refractivity contribution in [2.75, 3.05) is 26.4 Å². The minimum absolute atomic E-state index is 0.0522. The Balaban J connectivity index is 4.78. The van der Waals surface area contributed by atoms with Crippen molar-refractivity contribution >= 4 is 27.6 Å². The van der Waals surface area contributed by atoms with Gasteiger partial charge in [-0.2, -0.15) is 0 Å². The van der Waals surface area contributed by atoms with Crippen molar-refractivity contribution in [1.29, 1.82) is 0 Å². The van der Waals surface area contributed by atoms with Crippen LogP contribution in [0.4, 0.5) is 0 Å².